The van der Waals surface area contributed by atoms with E-state index in [1.54, 1.807) is 0 Å². The summed E-state index contributed by atoms with van der Waals surface area (Å²) in [6.07, 6.45) is 7.17. The second-order valence-corrected chi connectivity index (χ2v) is 6.02. The Morgan fingerprint density at radius 3 is 2.55 bits per heavy atom. The van der Waals surface area contributed by atoms with Crippen molar-refractivity contribution in [3.63, 3.8) is 0 Å². The van der Waals surface area contributed by atoms with E-state index in [4.69, 9.17) is 0 Å². The maximum atomic E-state index is 12.3. The van der Waals surface area contributed by atoms with Crippen LogP contribution in [0.1, 0.15) is 31.2 Å². The third-order valence-electron chi connectivity index (χ3n) is 4.30. The van der Waals surface area contributed by atoms with Gasteiger partial charge in [0.05, 0.1) is 0 Å². The first-order valence-electron chi connectivity index (χ1n) is 8.44. The highest BCUT2D eigenvalue weighted by Crippen LogP contribution is 2.10. The molecule has 1 aliphatic rings. The first-order valence-corrected chi connectivity index (χ1v) is 8.44. The molecule has 0 aliphatic carbocycles. The molecular formula is C19H28N2O. The molecule has 2 rings (SSSR count). The normalized spacial score (nSPS) is 15.0. The van der Waals surface area contributed by atoms with Gasteiger partial charge in [-0.2, -0.15) is 0 Å². The van der Waals surface area contributed by atoms with Gasteiger partial charge in [-0.05, 0) is 31.2 Å². The highest BCUT2D eigenvalue weighted by Gasteiger charge is 2.17. The molecule has 1 aromatic rings. The maximum absolute atomic E-state index is 12.3. The third kappa shape index (κ3) is 5.64. The number of hydrogen-bond donors (Lipinski definition) is 0. The summed E-state index contributed by atoms with van der Waals surface area (Å²) < 4.78 is 0. The summed E-state index contributed by atoms with van der Waals surface area (Å²) in [4.78, 5) is 16.6. The number of likely N-dealkylation sites (tertiary alicyclic amines) is 1. The average Bonchev–Trinajstić information content (AvgIpc) is 2.59. The van der Waals surface area contributed by atoms with Crippen molar-refractivity contribution in [2.45, 2.75) is 32.1 Å². The molecule has 3 heteroatoms. The summed E-state index contributed by atoms with van der Waals surface area (Å²) in [5.74, 6) is 0.313. The molecule has 1 saturated heterocycles. The molecule has 0 saturated carbocycles. The van der Waals surface area contributed by atoms with Gasteiger partial charge >= 0.3 is 0 Å². The lowest BCUT2D eigenvalue weighted by molar-refractivity contribution is -0.132. The highest BCUT2D eigenvalue weighted by molar-refractivity contribution is 5.76. The molecule has 1 fully saturated rings. The SMILES string of the molecule is C=CCN(CCC(=O)N1CCCCC1)CCc1ccccc1. The summed E-state index contributed by atoms with van der Waals surface area (Å²) in [6.45, 7) is 8.38. The molecule has 3 nitrogen and oxygen atoms in total. The van der Waals surface area contributed by atoms with E-state index in [-0.39, 0.29) is 0 Å². The van der Waals surface area contributed by atoms with Crippen molar-refractivity contribution >= 4 is 5.91 Å². The largest absolute Gasteiger partial charge is 0.343 e. The van der Waals surface area contributed by atoms with E-state index < -0.39 is 0 Å². The predicted octanol–water partition coefficient (Wildman–Crippen LogP) is 3.12. The van der Waals surface area contributed by atoms with Gasteiger partial charge in [-0.1, -0.05) is 36.4 Å². The van der Waals surface area contributed by atoms with E-state index in [0.717, 1.165) is 52.0 Å². The molecule has 1 aliphatic heterocycles. The minimum atomic E-state index is 0.313. The average molecular weight is 300 g/mol. The van der Waals surface area contributed by atoms with Crippen LogP contribution in [0.25, 0.3) is 0 Å². The Morgan fingerprint density at radius 2 is 1.86 bits per heavy atom. The van der Waals surface area contributed by atoms with Crippen molar-refractivity contribution in [1.29, 1.82) is 0 Å². The Balaban J connectivity index is 1.75. The maximum Gasteiger partial charge on any atom is 0.223 e. The lowest BCUT2D eigenvalue weighted by Crippen LogP contribution is -2.38. The van der Waals surface area contributed by atoms with Crippen LogP contribution in [0.5, 0.6) is 0 Å². The number of carbonyl (C=O) groups excluding carboxylic acids is 1. The lowest BCUT2D eigenvalue weighted by Gasteiger charge is -2.28. The van der Waals surface area contributed by atoms with Crippen LogP contribution in [0.2, 0.25) is 0 Å². The van der Waals surface area contributed by atoms with Crippen molar-refractivity contribution < 1.29 is 4.79 Å². The van der Waals surface area contributed by atoms with Crippen LogP contribution < -0.4 is 0 Å². The minimum Gasteiger partial charge on any atom is -0.343 e. The van der Waals surface area contributed by atoms with Crippen LogP contribution in [-0.2, 0) is 11.2 Å². The number of hydrogen-bond acceptors (Lipinski definition) is 2. The molecular weight excluding hydrogens is 272 g/mol. The second-order valence-electron chi connectivity index (χ2n) is 6.02. The molecule has 1 heterocycles. The zero-order valence-corrected chi connectivity index (χ0v) is 13.5. The molecule has 0 bridgehead atoms. The molecule has 120 valence electrons. The van der Waals surface area contributed by atoms with Crippen LogP contribution in [0.4, 0.5) is 0 Å². The molecule has 0 atom stereocenters. The van der Waals surface area contributed by atoms with Crippen LogP contribution in [0, 0.1) is 0 Å². The van der Waals surface area contributed by atoms with E-state index in [1.165, 1.54) is 12.0 Å². The topological polar surface area (TPSA) is 23.6 Å². The van der Waals surface area contributed by atoms with Gasteiger partial charge in [-0.15, -0.1) is 6.58 Å². The van der Waals surface area contributed by atoms with Crippen molar-refractivity contribution in [2.24, 2.45) is 0 Å². The fraction of sp³-hybridized carbons (Fsp3) is 0.526. The van der Waals surface area contributed by atoms with Crippen LogP contribution in [-0.4, -0.2) is 48.4 Å². The summed E-state index contributed by atoms with van der Waals surface area (Å²) in [5, 5.41) is 0. The number of piperidine rings is 1. The van der Waals surface area contributed by atoms with Crippen LogP contribution in [0.3, 0.4) is 0 Å². The smallest absolute Gasteiger partial charge is 0.223 e. The van der Waals surface area contributed by atoms with Crippen molar-refractivity contribution in [2.75, 3.05) is 32.7 Å². The summed E-state index contributed by atoms with van der Waals surface area (Å²) in [7, 11) is 0. The monoisotopic (exact) mass is 300 g/mol. The number of nitrogens with zero attached hydrogens (tertiary/aromatic N) is 2. The van der Waals surface area contributed by atoms with Gasteiger partial charge in [-0.25, -0.2) is 0 Å². The Hall–Kier alpha value is -1.61. The highest BCUT2D eigenvalue weighted by atomic mass is 16.2. The number of benzene rings is 1. The molecule has 1 amide bonds. The molecule has 0 aromatic heterocycles. The molecule has 0 N–H and O–H groups in total. The predicted molar refractivity (Wildman–Crippen MR) is 91.8 cm³/mol. The van der Waals surface area contributed by atoms with Gasteiger partial charge in [-0.3, -0.25) is 9.69 Å². The Kier molecular flexibility index (Phi) is 7.17. The molecule has 1 aromatic carbocycles. The quantitative estimate of drug-likeness (QED) is 0.689. The van der Waals surface area contributed by atoms with E-state index in [9.17, 15) is 4.79 Å². The number of carbonyl (C=O) groups is 1. The fourth-order valence-corrected chi connectivity index (χ4v) is 2.96. The molecule has 0 unspecified atom stereocenters. The van der Waals surface area contributed by atoms with Crippen molar-refractivity contribution in [3.05, 3.63) is 48.6 Å². The van der Waals surface area contributed by atoms with Gasteiger partial charge in [0.2, 0.25) is 5.91 Å². The lowest BCUT2D eigenvalue weighted by atomic mass is 10.1. The first-order chi connectivity index (χ1) is 10.8. The molecule has 22 heavy (non-hydrogen) atoms. The summed E-state index contributed by atoms with van der Waals surface area (Å²) >= 11 is 0. The zero-order valence-electron chi connectivity index (χ0n) is 13.5. The number of amides is 1. The van der Waals surface area contributed by atoms with Gasteiger partial charge in [0, 0.05) is 39.1 Å². The minimum absolute atomic E-state index is 0.313. The van der Waals surface area contributed by atoms with E-state index >= 15 is 0 Å². The standard InChI is InChI=1S/C19H28N2O/c1-2-13-20(16-11-18-9-5-3-6-10-18)17-12-19(22)21-14-7-4-8-15-21/h2-3,5-6,9-10H,1,4,7-8,11-17H2. The van der Waals surface area contributed by atoms with Gasteiger partial charge < -0.3 is 4.90 Å². The third-order valence-corrected chi connectivity index (χ3v) is 4.30. The van der Waals surface area contributed by atoms with E-state index in [1.807, 2.05) is 17.0 Å². The molecule has 0 radical (unpaired) electrons. The first kappa shape index (κ1) is 16.8. The Bertz CT molecular complexity index is 452. The molecule has 0 spiro atoms. The van der Waals surface area contributed by atoms with E-state index in [0.29, 0.717) is 12.3 Å². The van der Waals surface area contributed by atoms with E-state index in [2.05, 4.69) is 35.7 Å². The van der Waals surface area contributed by atoms with Crippen LogP contribution in [0.15, 0.2) is 43.0 Å². The summed E-state index contributed by atoms with van der Waals surface area (Å²) in [5.41, 5.74) is 1.35. The van der Waals surface area contributed by atoms with Gasteiger partial charge in [0.15, 0.2) is 0 Å². The fourth-order valence-electron chi connectivity index (χ4n) is 2.96. The van der Waals surface area contributed by atoms with Crippen LogP contribution >= 0.6 is 0 Å². The van der Waals surface area contributed by atoms with Crippen molar-refractivity contribution in [1.82, 2.24) is 9.80 Å². The zero-order chi connectivity index (χ0) is 15.6. The Labute approximate surface area is 134 Å². The summed E-state index contributed by atoms with van der Waals surface area (Å²) in [6, 6.07) is 10.5. The van der Waals surface area contributed by atoms with Crippen molar-refractivity contribution in [3.8, 4) is 0 Å². The number of rotatable bonds is 8. The Morgan fingerprint density at radius 1 is 1.14 bits per heavy atom. The van der Waals surface area contributed by atoms with Gasteiger partial charge in [0.25, 0.3) is 0 Å². The second kappa shape index (κ2) is 9.42. The van der Waals surface area contributed by atoms with Gasteiger partial charge in [0.1, 0.15) is 0 Å².